The molecule has 1 rings (SSSR count). The lowest BCUT2D eigenvalue weighted by Gasteiger charge is -2.14. The second kappa shape index (κ2) is 6.43. The first-order valence-corrected chi connectivity index (χ1v) is 6.43. The van der Waals surface area contributed by atoms with Crippen molar-refractivity contribution in [2.75, 3.05) is 12.3 Å². The number of anilines is 1. The van der Waals surface area contributed by atoms with Gasteiger partial charge in [0, 0.05) is 5.69 Å². The van der Waals surface area contributed by atoms with Gasteiger partial charge in [-0.3, -0.25) is 0 Å². The molecule has 0 heterocycles. The van der Waals surface area contributed by atoms with Gasteiger partial charge in [-0.05, 0) is 48.9 Å². The van der Waals surface area contributed by atoms with Crippen LogP contribution in [0.15, 0.2) is 18.2 Å². The van der Waals surface area contributed by atoms with Crippen molar-refractivity contribution in [1.29, 1.82) is 0 Å². The molecule has 100 valence electrons. The second-order valence-electron chi connectivity index (χ2n) is 5.40. The molecule has 0 spiro atoms. The van der Waals surface area contributed by atoms with E-state index in [1.165, 1.54) is 0 Å². The lowest BCUT2D eigenvalue weighted by molar-refractivity contribution is 0.0436. The van der Waals surface area contributed by atoms with E-state index in [2.05, 4.69) is 20.8 Å². The molecule has 18 heavy (non-hydrogen) atoms. The van der Waals surface area contributed by atoms with E-state index in [4.69, 9.17) is 10.5 Å². The number of rotatable bonds is 5. The van der Waals surface area contributed by atoms with Crippen LogP contribution in [-0.4, -0.2) is 12.6 Å². The standard InChI is InChI=1S/C15H23NO2/c1-10(2)7-11(3)9-18-15(17)13-5-6-14(16)12(4)8-13/h5-6,8,10-11H,7,9,16H2,1-4H3. The van der Waals surface area contributed by atoms with E-state index in [-0.39, 0.29) is 5.97 Å². The van der Waals surface area contributed by atoms with E-state index in [9.17, 15) is 4.79 Å². The highest BCUT2D eigenvalue weighted by Crippen LogP contribution is 2.15. The first-order chi connectivity index (χ1) is 8.40. The minimum absolute atomic E-state index is 0.270. The molecule has 0 aliphatic rings. The SMILES string of the molecule is Cc1cc(C(=O)OCC(C)CC(C)C)ccc1N. The average Bonchev–Trinajstić information content (AvgIpc) is 2.28. The summed E-state index contributed by atoms with van der Waals surface area (Å²) in [6, 6.07) is 5.21. The average molecular weight is 249 g/mol. The molecule has 0 saturated heterocycles. The van der Waals surface area contributed by atoms with Gasteiger partial charge < -0.3 is 10.5 Å². The Morgan fingerprint density at radius 1 is 1.33 bits per heavy atom. The van der Waals surface area contributed by atoms with Crippen LogP contribution in [0, 0.1) is 18.8 Å². The number of carbonyl (C=O) groups excluding carboxylic acids is 1. The summed E-state index contributed by atoms with van der Waals surface area (Å²) in [6.45, 7) is 8.79. The Morgan fingerprint density at radius 3 is 2.56 bits per heavy atom. The van der Waals surface area contributed by atoms with Gasteiger partial charge in [-0.15, -0.1) is 0 Å². The van der Waals surface area contributed by atoms with E-state index < -0.39 is 0 Å². The van der Waals surface area contributed by atoms with E-state index >= 15 is 0 Å². The first-order valence-electron chi connectivity index (χ1n) is 6.43. The Balaban J connectivity index is 2.52. The van der Waals surface area contributed by atoms with Crippen molar-refractivity contribution in [3.8, 4) is 0 Å². The predicted molar refractivity (Wildman–Crippen MR) is 74.5 cm³/mol. The van der Waals surface area contributed by atoms with Gasteiger partial charge in [0.05, 0.1) is 12.2 Å². The van der Waals surface area contributed by atoms with Crippen LogP contribution in [0.1, 0.15) is 43.1 Å². The van der Waals surface area contributed by atoms with Crippen LogP contribution in [0.3, 0.4) is 0 Å². The maximum atomic E-state index is 11.8. The van der Waals surface area contributed by atoms with Crippen molar-refractivity contribution in [1.82, 2.24) is 0 Å². The Labute approximate surface area is 109 Å². The zero-order valence-corrected chi connectivity index (χ0v) is 11.7. The Bertz CT molecular complexity index is 413. The molecule has 1 aromatic rings. The third-order valence-electron chi connectivity index (χ3n) is 2.88. The van der Waals surface area contributed by atoms with Crippen LogP contribution in [0.5, 0.6) is 0 Å². The summed E-state index contributed by atoms with van der Waals surface area (Å²) in [5.41, 5.74) is 7.88. The minimum atomic E-state index is -0.270. The van der Waals surface area contributed by atoms with Crippen molar-refractivity contribution < 1.29 is 9.53 Å². The number of esters is 1. The lowest BCUT2D eigenvalue weighted by atomic mass is 10.00. The number of aryl methyl sites for hydroxylation is 1. The summed E-state index contributed by atoms with van der Waals surface area (Å²) in [6.07, 6.45) is 1.06. The molecule has 0 saturated carbocycles. The molecular formula is C15H23NO2. The monoisotopic (exact) mass is 249 g/mol. The number of nitrogen functional groups attached to an aromatic ring is 1. The molecule has 0 aromatic heterocycles. The van der Waals surface area contributed by atoms with Crippen LogP contribution >= 0.6 is 0 Å². The molecule has 1 atom stereocenters. The van der Waals surface area contributed by atoms with Gasteiger partial charge in [-0.1, -0.05) is 20.8 Å². The zero-order valence-electron chi connectivity index (χ0n) is 11.7. The maximum absolute atomic E-state index is 11.8. The van der Waals surface area contributed by atoms with Gasteiger partial charge in [0.15, 0.2) is 0 Å². The van der Waals surface area contributed by atoms with Crippen molar-refractivity contribution >= 4 is 11.7 Å². The van der Waals surface area contributed by atoms with Gasteiger partial charge in [0.1, 0.15) is 0 Å². The van der Waals surface area contributed by atoms with Crippen molar-refractivity contribution in [2.45, 2.75) is 34.1 Å². The minimum Gasteiger partial charge on any atom is -0.462 e. The number of ether oxygens (including phenoxy) is 1. The highest BCUT2D eigenvalue weighted by molar-refractivity contribution is 5.90. The highest BCUT2D eigenvalue weighted by Gasteiger charge is 2.11. The number of hydrogen-bond acceptors (Lipinski definition) is 3. The van der Waals surface area contributed by atoms with Gasteiger partial charge in [0.2, 0.25) is 0 Å². The lowest BCUT2D eigenvalue weighted by Crippen LogP contribution is -2.14. The molecule has 2 N–H and O–H groups in total. The van der Waals surface area contributed by atoms with Gasteiger partial charge >= 0.3 is 5.97 Å². The Hall–Kier alpha value is -1.51. The normalized spacial score (nSPS) is 12.5. The molecule has 1 unspecified atom stereocenters. The summed E-state index contributed by atoms with van der Waals surface area (Å²) in [5, 5.41) is 0. The van der Waals surface area contributed by atoms with Crippen LogP contribution in [0.4, 0.5) is 5.69 Å². The van der Waals surface area contributed by atoms with Crippen LogP contribution in [0.25, 0.3) is 0 Å². The number of nitrogens with two attached hydrogens (primary N) is 1. The zero-order chi connectivity index (χ0) is 13.7. The summed E-state index contributed by atoms with van der Waals surface area (Å²) < 4.78 is 5.31. The van der Waals surface area contributed by atoms with Crippen molar-refractivity contribution in [3.63, 3.8) is 0 Å². The maximum Gasteiger partial charge on any atom is 0.338 e. The summed E-state index contributed by atoms with van der Waals surface area (Å²) >= 11 is 0. The molecule has 0 fully saturated rings. The van der Waals surface area contributed by atoms with Crippen LogP contribution in [-0.2, 0) is 4.74 Å². The topological polar surface area (TPSA) is 52.3 Å². The van der Waals surface area contributed by atoms with E-state index in [1.54, 1.807) is 18.2 Å². The van der Waals surface area contributed by atoms with Gasteiger partial charge in [-0.2, -0.15) is 0 Å². The van der Waals surface area contributed by atoms with Crippen LogP contribution in [0.2, 0.25) is 0 Å². The molecule has 3 nitrogen and oxygen atoms in total. The fraction of sp³-hybridized carbons (Fsp3) is 0.533. The van der Waals surface area contributed by atoms with Crippen molar-refractivity contribution in [2.24, 2.45) is 11.8 Å². The van der Waals surface area contributed by atoms with E-state index in [1.807, 2.05) is 6.92 Å². The Kier molecular flexibility index (Phi) is 5.20. The smallest absolute Gasteiger partial charge is 0.338 e. The number of carbonyl (C=O) groups is 1. The predicted octanol–water partition coefficient (Wildman–Crippen LogP) is 3.42. The first kappa shape index (κ1) is 14.6. The molecule has 0 aliphatic heterocycles. The van der Waals surface area contributed by atoms with Gasteiger partial charge in [-0.25, -0.2) is 4.79 Å². The fourth-order valence-electron chi connectivity index (χ4n) is 1.98. The Morgan fingerprint density at radius 2 is 2.00 bits per heavy atom. The molecule has 3 heteroatoms. The molecule has 0 aliphatic carbocycles. The highest BCUT2D eigenvalue weighted by atomic mass is 16.5. The molecule has 1 aromatic carbocycles. The summed E-state index contributed by atoms with van der Waals surface area (Å²) in [5.74, 6) is 0.745. The largest absolute Gasteiger partial charge is 0.462 e. The van der Waals surface area contributed by atoms with E-state index in [0.29, 0.717) is 29.7 Å². The number of hydrogen-bond donors (Lipinski definition) is 1. The summed E-state index contributed by atoms with van der Waals surface area (Å²) in [4.78, 5) is 11.8. The third-order valence-corrected chi connectivity index (χ3v) is 2.88. The quantitative estimate of drug-likeness (QED) is 0.642. The second-order valence-corrected chi connectivity index (χ2v) is 5.40. The van der Waals surface area contributed by atoms with Gasteiger partial charge in [0.25, 0.3) is 0 Å². The van der Waals surface area contributed by atoms with Crippen LogP contribution < -0.4 is 5.73 Å². The molecule has 0 amide bonds. The molecular weight excluding hydrogens is 226 g/mol. The molecule has 0 radical (unpaired) electrons. The van der Waals surface area contributed by atoms with E-state index in [0.717, 1.165) is 12.0 Å². The summed E-state index contributed by atoms with van der Waals surface area (Å²) in [7, 11) is 0. The number of benzene rings is 1. The molecule has 0 bridgehead atoms. The van der Waals surface area contributed by atoms with Crippen molar-refractivity contribution in [3.05, 3.63) is 29.3 Å². The third kappa shape index (κ3) is 4.40. The fourth-order valence-corrected chi connectivity index (χ4v) is 1.98.